The molecule has 0 unspecified atom stereocenters. The van der Waals surface area contributed by atoms with Gasteiger partial charge >= 0.3 is 11.9 Å². The molecule has 7 nitrogen and oxygen atoms in total. The van der Waals surface area contributed by atoms with E-state index in [4.69, 9.17) is 4.52 Å². The topological polar surface area (TPSA) is 97.1 Å². The van der Waals surface area contributed by atoms with E-state index in [9.17, 15) is 17.2 Å². The molecule has 2 rings (SSSR count). The molecule has 1 aromatic rings. The zero-order valence-corrected chi connectivity index (χ0v) is 14.9. The summed E-state index contributed by atoms with van der Waals surface area (Å²) in [6.07, 6.45) is 3.25. The summed E-state index contributed by atoms with van der Waals surface area (Å²) in [6, 6.07) is 0.0530. The van der Waals surface area contributed by atoms with Crippen molar-refractivity contribution in [2.24, 2.45) is 5.92 Å². The van der Waals surface area contributed by atoms with Crippen molar-refractivity contribution in [2.75, 3.05) is 11.9 Å². The first-order valence-corrected chi connectivity index (χ1v) is 9.59. The summed E-state index contributed by atoms with van der Waals surface area (Å²) in [4.78, 5) is 3.65. The molecule has 1 fully saturated rings. The monoisotopic (exact) mass is 366 g/mol. The number of rotatable bonds is 7. The summed E-state index contributed by atoms with van der Waals surface area (Å²) in [5.41, 5.74) is 0. The van der Waals surface area contributed by atoms with Gasteiger partial charge in [-0.3, -0.25) is 0 Å². The van der Waals surface area contributed by atoms with Crippen LogP contribution >= 0.6 is 0 Å². The van der Waals surface area contributed by atoms with E-state index in [-0.39, 0.29) is 18.0 Å². The Morgan fingerprint density at radius 3 is 2.42 bits per heavy atom. The van der Waals surface area contributed by atoms with Gasteiger partial charge in [0, 0.05) is 19.5 Å². The Balaban J connectivity index is 1.78. The highest BCUT2D eigenvalue weighted by Gasteiger charge is 2.32. The quantitative estimate of drug-likeness (QED) is 0.769. The van der Waals surface area contributed by atoms with Crippen molar-refractivity contribution in [3.05, 3.63) is 5.82 Å². The highest BCUT2D eigenvalue weighted by molar-refractivity contribution is 7.90. The lowest BCUT2D eigenvalue weighted by Crippen LogP contribution is -2.37. The molecule has 1 aliphatic rings. The first-order chi connectivity index (χ1) is 11.1. The highest BCUT2D eigenvalue weighted by Crippen LogP contribution is 2.28. The van der Waals surface area contributed by atoms with Gasteiger partial charge in [0.15, 0.2) is 0 Å². The molecule has 0 bridgehead atoms. The lowest BCUT2D eigenvalue weighted by Gasteiger charge is -2.28. The third kappa shape index (κ3) is 5.10. The number of nitrogens with one attached hydrogen (secondary N) is 2. The Morgan fingerprint density at radius 2 is 1.92 bits per heavy atom. The predicted molar refractivity (Wildman–Crippen MR) is 85.3 cm³/mol. The van der Waals surface area contributed by atoms with Gasteiger partial charge in [-0.05, 0) is 45.4 Å². The minimum atomic E-state index is -3.24. The van der Waals surface area contributed by atoms with Crippen molar-refractivity contribution in [3.63, 3.8) is 0 Å². The van der Waals surface area contributed by atoms with Crippen LogP contribution in [0.2, 0.25) is 0 Å². The van der Waals surface area contributed by atoms with Crippen molar-refractivity contribution in [2.45, 2.75) is 63.7 Å². The van der Waals surface area contributed by atoms with E-state index in [2.05, 4.69) is 20.2 Å². The van der Waals surface area contributed by atoms with E-state index < -0.39 is 27.0 Å². The first-order valence-electron chi connectivity index (χ1n) is 8.05. The third-order valence-electron chi connectivity index (χ3n) is 4.19. The van der Waals surface area contributed by atoms with Crippen LogP contribution in [0.25, 0.3) is 0 Å². The van der Waals surface area contributed by atoms with Crippen molar-refractivity contribution >= 4 is 16.0 Å². The molecule has 0 aliphatic heterocycles. The molecule has 2 N–H and O–H groups in total. The fourth-order valence-corrected chi connectivity index (χ4v) is 3.35. The number of sulfonamides is 1. The predicted octanol–water partition coefficient (Wildman–Crippen LogP) is 2.48. The van der Waals surface area contributed by atoms with Crippen molar-refractivity contribution in [1.29, 1.82) is 0 Å². The van der Waals surface area contributed by atoms with Gasteiger partial charge in [-0.2, -0.15) is 13.8 Å². The Labute approximate surface area is 140 Å². The van der Waals surface area contributed by atoms with Crippen molar-refractivity contribution in [1.82, 2.24) is 14.9 Å². The van der Waals surface area contributed by atoms with Crippen LogP contribution in [0.5, 0.6) is 0 Å². The molecule has 0 amide bonds. The number of alkyl halides is 2. The van der Waals surface area contributed by atoms with Gasteiger partial charge in [0.2, 0.25) is 15.8 Å². The maximum Gasteiger partial charge on any atom is 0.321 e. The molecule has 0 radical (unpaired) electrons. The van der Waals surface area contributed by atoms with Gasteiger partial charge in [-0.15, -0.1) is 0 Å². The number of hydrogen-bond donors (Lipinski definition) is 2. The summed E-state index contributed by atoms with van der Waals surface area (Å²) in [7, 11) is -3.24. The summed E-state index contributed by atoms with van der Waals surface area (Å²) in [5.74, 6) is -3.49. The first kappa shape index (κ1) is 19.0. The third-order valence-corrected chi connectivity index (χ3v) is 6.00. The Kier molecular flexibility index (Phi) is 5.79. The van der Waals surface area contributed by atoms with Gasteiger partial charge in [-0.25, -0.2) is 13.1 Å². The molecule has 24 heavy (non-hydrogen) atoms. The molecule has 0 saturated heterocycles. The van der Waals surface area contributed by atoms with Crippen LogP contribution in [0.3, 0.4) is 0 Å². The van der Waals surface area contributed by atoms with Crippen LogP contribution in [0.1, 0.15) is 52.3 Å². The van der Waals surface area contributed by atoms with Gasteiger partial charge in [0.1, 0.15) is 0 Å². The van der Waals surface area contributed by atoms with Crippen LogP contribution in [-0.2, 0) is 15.9 Å². The van der Waals surface area contributed by atoms with Crippen LogP contribution in [0.4, 0.5) is 14.8 Å². The van der Waals surface area contributed by atoms with E-state index in [0.29, 0.717) is 13.5 Å². The zero-order valence-electron chi connectivity index (χ0n) is 14.1. The molecule has 1 saturated carbocycles. The Hall–Kier alpha value is -1.29. The van der Waals surface area contributed by atoms with E-state index >= 15 is 0 Å². The summed E-state index contributed by atoms with van der Waals surface area (Å²) in [6.45, 7) is 4.42. The second-order valence-corrected chi connectivity index (χ2v) is 8.94. The molecule has 0 spiro atoms. The molecule has 1 heterocycles. The van der Waals surface area contributed by atoms with Gasteiger partial charge in [-0.1, -0.05) is 5.16 Å². The number of nitrogens with zero attached hydrogens (tertiary/aromatic N) is 2. The lowest BCUT2D eigenvalue weighted by atomic mass is 9.86. The van der Waals surface area contributed by atoms with E-state index in [1.54, 1.807) is 13.8 Å². The molecular formula is C14H24F2N4O3S. The minimum absolute atomic E-state index is 0.00418. The van der Waals surface area contributed by atoms with E-state index in [1.807, 2.05) is 0 Å². The minimum Gasteiger partial charge on any atom is -0.335 e. The largest absolute Gasteiger partial charge is 0.335 e. The van der Waals surface area contributed by atoms with Gasteiger partial charge < -0.3 is 9.84 Å². The highest BCUT2D eigenvalue weighted by atomic mass is 32.2. The standard InChI is InChI=1S/C14H24F2N4O3S/c1-9(2)24(21,22)17-8-10-4-6-11(7-5-10)18-13-19-12(20-23-13)14(3,15)16/h9-11,17H,4-8H2,1-3H3,(H,18,19,20)/t10-,11-. The molecule has 138 valence electrons. The van der Waals surface area contributed by atoms with Crippen molar-refractivity contribution < 1.29 is 21.7 Å². The summed E-state index contributed by atoms with van der Waals surface area (Å²) in [5, 5.41) is 5.79. The maximum absolute atomic E-state index is 13.1. The summed E-state index contributed by atoms with van der Waals surface area (Å²) >= 11 is 0. The molecule has 10 heteroatoms. The number of halogens is 2. The fraction of sp³-hybridized carbons (Fsp3) is 0.857. The van der Waals surface area contributed by atoms with E-state index in [1.165, 1.54) is 0 Å². The molecule has 1 aromatic heterocycles. The van der Waals surface area contributed by atoms with E-state index in [0.717, 1.165) is 25.7 Å². The van der Waals surface area contributed by atoms with Crippen LogP contribution in [-0.4, -0.2) is 36.4 Å². The number of aromatic nitrogens is 2. The second kappa shape index (κ2) is 7.30. The number of hydrogen-bond acceptors (Lipinski definition) is 6. The Bertz CT molecular complexity index is 635. The Morgan fingerprint density at radius 1 is 1.29 bits per heavy atom. The normalized spacial score (nSPS) is 22.8. The molecule has 0 aromatic carbocycles. The zero-order chi connectivity index (χ0) is 18.0. The maximum atomic E-state index is 13.1. The fourth-order valence-electron chi connectivity index (χ4n) is 2.55. The smallest absolute Gasteiger partial charge is 0.321 e. The van der Waals surface area contributed by atoms with Crippen LogP contribution < -0.4 is 10.0 Å². The van der Waals surface area contributed by atoms with Crippen LogP contribution in [0, 0.1) is 5.92 Å². The SMILES string of the molecule is CC(C)S(=O)(=O)NC[C@H]1CC[C@H](Nc2nc(C(C)(F)F)no2)CC1. The average Bonchev–Trinajstić information content (AvgIpc) is 2.95. The second-order valence-electron chi connectivity index (χ2n) is 6.62. The van der Waals surface area contributed by atoms with Gasteiger partial charge in [0.25, 0.3) is 0 Å². The summed E-state index contributed by atoms with van der Waals surface area (Å²) < 4.78 is 57.1. The van der Waals surface area contributed by atoms with Gasteiger partial charge in [0.05, 0.1) is 5.25 Å². The number of anilines is 1. The molecule has 0 atom stereocenters. The lowest BCUT2D eigenvalue weighted by molar-refractivity contribution is 0.00559. The van der Waals surface area contributed by atoms with Crippen molar-refractivity contribution in [3.8, 4) is 0 Å². The molecule has 1 aliphatic carbocycles. The molecular weight excluding hydrogens is 342 g/mol. The van der Waals surface area contributed by atoms with Crippen LogP contribution in [0.15, 0.2) is 4.52 Å². The average molecular weight is 366 g/mol.